The largest absolute Gasteiger partial charge is 0.466 e. The molecule has 6 nitrogen and oxygen atoms in total. The summed E-state index contributed by atoms with van der Waals surface area (Å²) in [6.07, 6.45) is 5.57. The maximum absolute atomic E-state index is 6.12. The Morgan fingerprint density at radius 3 is 3.04 bits per heavy atom. The lowest BCUT2D eigenvalue weighted by Crippen LogP contribution is -2.40. The first kappa shape index (κ1) is 15.2. The monoisotopic (exact) mass is 339 g/mol. The van der Waals surface area contributed by atoms with Gasteiger partial charge >= 0.3 is 0 Å². The van der Waals surface area contributed by atoms with Gasteiger partial charge in [-0.2, -0.15) is 4.98 Å². The van der Waals surface area contributed by atoms with Gasteiger partial charge in [0.05, 0.1) is 5.69 Å². The van der Waals surface area contributed by atoms with Crippen molar-refractivity contribution in [3.05, 3.63) is 23.2 Å². The van der Waals surface area contributed by atoms with Crippen LogP contribution in [0.1, 0.15) is 36.3 Å². The minimum atomic E-state index is 0.364. The molecule has 2 aromatic heterocycles. The maximum atomic E-state index is 6.12. The number of nitrogen functional groups attached to an aromatic ring is 1. The molecule has 3 N–H and O–H groups in total. The molecule has 2 unspecified atom stereocenters. The van der Waals surface area contributed by atoms with Crippen molar-refractivity contribution in [2.24, 2.45) is 5.92 Å². The quantitative estimate of drug-likeness (QED) is 0.830. The Balaban J connectivity index is 1.59. The number of nitrogens with one attached hydrogen (secondary N) is 1. The zero-order valence-corrected chi connectivity index (χ0v) is 14.7. The van der Waals surface area contributed by atoms with E-state index in [0.717, 1.165) is 73.4 Å². The third-order valence-corrected chi connectivity index (χ3v) is 5.92. The van der Waals surface area contributed by atoms with Crippen molar-refractivity contribution >= 4 is 11.8 Å². The molecule has 2 aromatic rings. The third-order valence-electron chi connectivity index (χ3n) is 5.92. The summed E-state index contributed by atoms with van der Waals surface area (Å²) in [5, 5.41) is 3.68. The van der Waals surface area contributed by atoms with Gasteiger partial charge in [0.15, 0.2) is 0 Å². The SMILES string of the molecule is Cc1cc2c(o1)CCCc1c-2nc(N)nc1N1CC2CCCNC2C1. The van der Waals surface area contributed by atoms with Crippen molar-refractivity contribution < 1.29 is 4.42 Å². The van der Waals surface area contributed by atoms with Gasteiger partial charge in [-0.05, 0) is 51.1 Å². The molecule has 2 aliphatic heterocycles. The lowest BCUT2D eigenvalue weighted by molar-refractivity contribution is 0.340. The zero-order valence-electron chi connectivity index (χ0n) is 14.7. The van der Waals surface area contributed by atoms with Crippen LogP contribution in [0.25, 0.3) is 11.3 Å². The van der Waals surface area contributed by atoms with Gasteiger partial charge in [0.1, 0.15) is 17.3 Å². The van der Waals surface area contributed by atoms with E-state index in [1.165, 1.54) is 18.4 Å². The number of hydrogen-bond donors (Lipinski definition) is 2. The second-order valence-corrected chi connectivity index (χ2v) is 7.65. The first-order chi connectivity index (χ1) is 12.2. The molecule has 3 aliphatic rings. The van der Waals surface area contributed by atoms with E-state index in [1.807, 2.05) is 6.92 Å². The number of aryl methyl sites for hydroxylation is 2. The molecule has 1 aliphatic carbocycles. The summed E-state index contributed by atoms with van der Waals surface area (Å²) in [6, 6.07) is 2.68. The van der Waals surface area contributed by atoms with Crippen LogP contribution in [0.5, 0.6) is 0 Å². The highest BCUT2D eigenvalue weighted by molar-refractivity contribution is 5.73. The second-order valence-electron chi connectivity index (χ2n) is 7.65. The summed E-state index contributed by atoms with van der Waals surface area (Å²) < 4.78 is 5.90. The lowest BCUT2D eigenvalue weighted by atomic mass is 9.94. The minimum Gasteiger partial charge on any atom is -0.466 e. The molecule has 0 aromatic carbocycles. The molecule has 0 amide bonds. The Morgan fingerprint density at radius 1 is 1.24 bits per heavy atom. The van der Waals surface area contributed by atoms with Crippen LogP contribution >= 0.6 is 0 Å². The summed E-state index contributed by atoms with van der Waals surface area (Å²) in [5.41, 5.74) is 9.45. The average Bonchev–Trinajstić information content (AvgIpc) is 3.15. The molecule has 2 fully saturated rings. The number of furan rings is 1. The zero-order chi connectivity index (χ0) is 17.0. The summed E-state index contributed by atoms with van der Waals surface area (Å²) in [7, 11) is 0. The van der Waals surface area contributed by atoms with Gasteiger partial charge in [-0.25, -0.2) is 4.98 Å². The number of nitrogens with zero attached hydrogens (tertiary/aromatic N) is 3. The highest BCUT2D eigenvalue weighted by atomic mass is 16.3. The van der Waals surface area contributed by atoms with Crippen LogP contribution in [0.4, 0.5) is 11.8 Å². The van der Waals surface area contributed by atoms with Gasteiger partial charge in [-0.1, -0.05) is 0 Å². The fourth-order valence-corrected chi connectivity index (χ4v) is 4.80. The first-order valence-electron chi connectivity index (χ1n) is 9.43. The molecule has 0 spiro atoms. The summed E-state index contributed by atoms with van der Waals surface area (Å²) >= 11 is 0. The summed E-state index contributed by atoms with van der Waals surface area (Å²) in [6.45, 7) is 5.22. The minimum absolute atomic E-state index is 0.364. The molecular weight excluding hydrogens is 314 g/mol. The third kappa shape index (κ3) is 2.51. The highest BCUT2D eigenvalue weighted by Gasteiger charge is 2.36. The van der Waals surface area contributed by atoms with Gasteiger partial charge in [-0.3, -0.25) is 0 Å². The normalized spacial score (nSPS) is 25.2. The molecular formula is C19H25N5O. The lowest BCUT2D eigenvalue weighted by Gasteiger charge is -2.24. The number of hydrogen-bond acceptors (Lipinski definition) is 6. The Labute approximate surface area is 147 Å². The Kier molecular flexibility index (Phi) is 3.48. The van der Waals surface area contributed by atoms with Gasteiger partial charge in [-0.15, -0.1) is 0 Å². The predicted molar refractivity (Wildman–Crippen MR) is 97.6 cm³/mol. The van der Waals surface area contributed by atoms with Crippen LogP contribution in [0.3, 0.4) is 0 Å². The van der Waals surface area contributed by atoms with Crippen LogP contribution in [-0.4, -0.2) is 35.6 Å². The van der Waals surface area contributed by atoms with Crippen molar-refractivity contribution in [2.45, 2.75) is 45.1 Å². The predicted octanol–water partition coefficient (Wildman–Crippen LogP) is 2.30. The highest BCUT2D eigenvalue weighted by Crippen LogP contribution is 2.39. The molecule has 25 heavy (non-hydrogen) atoms. The Hall–Kier alpha value is -2.08. The molecule has 0 saturated carbocycles. The van der Waals surface area contributed by atoms with E-state index in [2.05, 4.69) is 26.3 Å². The van der Waals surface area contributed by atoms with E-state index in [9.17, 15) is 0 Å². The number of piperidine rings is 1. The van der Waals surface area contributed by atoms with Crippen molar-refractivity contribution in [3.8, 4) is 11.3 Å². The molecule has 4 heterocycles. The Morgan fingerprint density at radius 2 is 2.16 bits per heavy atom. The van der Waals surface area contributed by atoms with Gasteiger partial charge in [0.2, 0.25) is 5.95 Å². The summed E-state index contributed by atoms with van der Waals surface area (Å²) in [4.78, 5) is 11.7. The summed E-state index contributed by atoms with van der Waals surface area (Å²) in [5.74, 6) is 4.11. The number of aromatic nitrogens is 2. The number of rotatable bonds is 1. The first-order valence-corrected chi connectivity index (χ1v) is 9.43. The van der Waals surface area contributed by atoms with E-state index in [4.69, 9.17) is 10.2 Å². The number of nitrogens with two attached hydrogens (primary N) is 1. The van der Waals surface area contributed by atoms with Crippen LogP contribution < -0.4 is 16.0 Å². The van der Waals surface area contributed by atoms with E-state index in [-0.39, 0.29) is 0 Å². The molecule has 0 bridgehead atoms. The standard InChI is InChI=1S/C19H25N5O/c1-11-8-14-16(25-11)6-2-5-13-17(14)22-19(20)23-18(13)24-9-12-4-3-7-21-15(12)10-24/h8,12,15,21H,2-7,9-10H2,1H3,(H2,20,22,23). The molecule has 132 valence electrons. The van der Waals surface area contributed by atoms with Gasteiger partial charge < -0.3 is 20.4 Å². The molecule has 6 heteroatoms. The van der Waals surface area contributed by atoms with Crippen molar-refractivity contribution in [1.29, 1.82) is 0 Å². The van der Waals surface area contributed by atoms with Crippen molar-refractivity contribution in [3.63, 3.8) is 0 Å². The topological polar surface area (TPSA) is 80.2 Å². The molecule has 0 radical (unpaired) electrons. The number of anilines is 2. The second kappa shape index (κ2) is 5.73. The van der Waals surface area contributed by atoms with Gasteiger partial charge in [0.25, 0.3) is 0 Å². The van der Waals surface area contributed by atoms with Crippen molar-refractivity contribution in [1.82, 2.24) is 15.3 Å². The molecule has 5 rings (SSSR count). The molecule has 2 saturated heterocycles. The van der Waals surface area contributed by atoms with E-state index < -0.39 is 0 Å². The fourth-order valence-electron chi connectivity index (χ4n) is 4.80. The Bertz CT molecular complexity index is 800. The van der Waals surface area contributed by atoms with E-state index in [0.29, 0.717) is 12.0 Å². The van der Waals surface area contributed by atoms with E-state index >= 15 is 0 Å². The van der Waals surface area contributed by atoms with Crippen LogP contribution in [0.15, 0.2) is 10.5 Å². The smallest absolute Gasteiger partial charge is 0.222 e. The fraction of sp³-hybridized carbons (Fsp3) is 0.579. The van der Waals surface area contributed by atoms with Crippen LogP contribution in [0.2, 0.25) is 0 Å². The van der Waals surface area contributed by atoms with Gasteiger partial charge in [0, 0.05) is 36.7 Å². The van der Waals surface area contributed by atoms with Crippen molar-refractivity contribution in [2.75, 3.05) is 30.3 Å². The van der Waals surface area contributed by atoms with Crippen LogP contribution in [-0.2, 0) is 12.8 Å². The van der Waals surface area contributed by atoms with E-state index in [1.54, 1.807) is 0 Å². The van der Waals surface area contributed by atoms with Crippen LogP contribution in [0, 0.1) is 12.8 Å². The molecule has 2 atom stereocenters. The maximum Gasteiger partial charge on any atom is 0.222 e. The average molecular weight is 339 g/mol. The number of fused-ring (bicyclic) bond motifs is 4.